The number of rotatable bonds is 9. The Bertz CT molecular complexity index is 1380. The maximum Gasteiger partial charge on any atom is 0.413 e. The second kappa shape index (κ2) is 11.3. The van der Waals surface area contributed by atoms with Gasteiger partial charge in [-0.3, -0.25) is 10.1 Å². The number of aryl methyl sites for hydroxylation is 1. The molecule has 1 heterocycles. The number of hydrogen-bond acceptors (Lipinski definition) is 5. The molecule has 2 atom stereocenters. The monoisotopic (exact) mass is 496 g/mol. The molecule has 0 radical (unpaired) electrons. The Balaban J connectivity index is 1.48. The first-order valence-corrected chi connectivity index (χ1v) is 11.9. The summed E-state index contributed by atoms with van der Waals surface area (Å²) in [6.07, 6.45) is 0.967. The van der Waals surface area contributed by atoms with Gasteiger partial charge in [0.05, 0.1) is 11.6 Å². The van der Waals surface area contributed by atoms with E-state index in [4.69, 9.17) is 4.74 Å². The third-order valence-corrected chi connectivity index (χ3v) is 6.07. The van der Waals surface area contributed by atoms with Crippen LogP contribution in [-0.2, 0) is 9.53 Å². The lowest BCUT2D eigenvalue weighted by Crippen LogP contribution is -2.18. The number of aromatic nitrogens is 3. The molecule has 0 saturated heterocycles. The Kier molecular flexibility index (Phi) is 7.78. The third-order valence-electron chi connectivity index (χ3n) is 6.07. The normalized spacial score (nSPS) is 12.4. The minimum Gasteiger partial charge on any atom is -0.481 e. The van der Waals surface area contributed by atoms with E-state index in [1.807, 2.05) is 85.8 Å². The van der Waals surface area contributed by atoms with E-state index in [2.05, 4.69) is 22.2 Å². The summed E-state index contributed by atoms with van der Waals surface area (Å²) in [4.78, 5) is 24.1. The lowest BCUT2D eigenvalue weighted by atomic mass is 9.94. The molecule has 2 N–H and O–H groups in total. The molecule has 8 heteroatoms. The van der Waals surface area contributed by atoms with Gasteiger partial charge in [0.2, 0.25) is 0 Å². The van der Waals surface area contributed by atoms with E-state index in [-0.39, 0.29) is 0 Å². The molecule has 0 spiro atoms. The lowest BCUT2D eigenvalue weighted by molar-refractivity contribution is -0.138. The third kappa shape index (κ3) is 5.92. The number of carbonyl (C=O) groups excluding carboxylic acids is 1. The standard InChI is InChI=1S/C29H28N4O4/c1-4-8-26(28(34)35)24-13-11-22(12-14-24)23-15-17-25(18-16-23)33-27(19(2)31-32-33)30-29(36)37-20(3)21-9-6-5-7-10-21/h4-7,9-18,20,26H,1,8H2,2-3H3,(H,30,36)(H,34,35)/t20?,26-/m1/s1. The Hall–Kier alpha value is -4.72. The number of nitrogens with one attached hydrogen (secondary N) is 1. The van der Waals surface area contributed by atoms with E-state index >= 15 is 0 Å². The van der Waals surface area contributed by atoms with Crippen molar-refractivity contribution in [3.8, 4) is 16.8 Å². The van der Waals surface area contributed by atoms with Gasteiger partial charge in [-0.15, -0.1) is 11.7 Å². The van der Waals surface area contributed by atoms with Crippen molar-refractivity contribution in [1.29, 1.82) is 0 Å². The molecule has 0 aliphatic carbocycles. The highest BCUT2D eigenvalue weighted by molar-refractivity contribution is 5.84. The van der Waals surface area contributed by atoms with Gasteiger partial charge in [0.15, 0.2) is 5.82 Å². The SMILES string of the molecule is C=CC[C@@H](C(=O)O)c1ccc(-c2ccc(-n3nnc(C)c3NC(=O)OC(C)c3ccccc3)cc2)cc1. The number of allylic oxidation sites excluding steroid dienone is 1. The molecule has 4 aromatic rings. The first-order chi connectivity index (χ1) is 17.9. The minimum absolute atomic E-state index is 0.371. The zero-order chi connectivity index (χ0) is 26.4. The van der Waals surface area contributed by atoms with Crippen LogP contribution in [-0.4, -0.2) is 32.2 Å². The summed E-state index contributed by atoms with van der Waals surface area (Å²) < 4.78 is 7.07. The fourth-order valence-corrected chi connectivity index (χ4v) is 4.01. The fourth-order valence-electron chi connectivity index (χ4n) is 4.01. The molecule has 3 aromatic carbocycles. The molecule has 1 aromatic heterocycles. The van der Waals surface area contributed by atoms with Crippen molar-refractivity contribution >= 4 is 17.9 Å². The van der Waals surface area contributed by atoms with Gasteiger partial charge in [-0.1, -0.05) is 78.0 Å². The number of benzene rings is 3. The highest BCUT2D eigenvalue weighted by atomic mass is 16.6. The van der Waals surface area contributed by atoms with Crippen molar-refractivity contribution in [1.82, 2.24) is 15.0 Å². The summed E-state index contributed by atoms with van der Waals surface area (Å²) in [5.74, 6) is -1.06. The van der Waals surface area contributed by atoms with Crippen LogP contribution in [0.1, 0.15) is 42.2 Å². The molecular weight excluding hydrogens is 468 g/mol. The zero-order valence-corrected chi connectivity index (χ0v) is 20.7. The molecule has 1 unspecified atom stereocenters. The van der Waals surface area contributed by atoms with Crippen LogP contribution in [0.5, 0.6) is 0 Å². The number of ether oxygens (including phenoxy) is 1. The van der Waals surface area contributed by atoms with E-state index in [0.717, 1.165) is 22.3 Å². The van der Waals surface area contributed by atoms with Crippen LogP contribution in [0.25, 0.3) is 16.8 Å². The van der Waals surface area contributed by atoms with Crippen molar-refractivity contribution < 1.29 is 19.4 Å². The van der Waals surface area contributed by atoms with Gasteiger partial charge in [-0.05, 0) is 54.7 Å². The number of carboxylic acid groups (broad SMARTS) is 1. The summed E-state index contributed by atoms with van der Waals surface area (Å²) >= 11 is 0. The Morgan fingerprint density at radius 3 is 2.22 bits per heavy atom. The largest absolute Gasteiger partial charge is 0.481 e. The number of nitrogens with zero attached hydrogens (tertiary/aromatic N) is 3. The topological polar surface area (TPSA) is 106 Å². The summed E-state index contributed by atoms with van der Waals surface area (Å²) in [7, 11) is 0. The van der Waals surface area contributed by atoms with Crippen molar-refractivity contribution in [2.45, 2.75) is 32.3 Å². The molecule has 0 aliphatic heterocycles. The van der Waals surface area contributed by atoms with Crippen LogP contribution in [0.2, 0.25) is 0 Å². The number of carbonyl (C=O) groups is 2. The van der Waals surface area contributed by atoms with Gasteiger partial charge in [-0.25, -0.2) is 4.79 Å². The zero-order valence-electron chi connectivity index (χ0n) is 20.7. The molecule has 0 aliphatic rings. The number of hydrogen-bond donors (Lipinski definition) is 2. The molecule has 4 rings (SSSR count). The number of amides is 1. The highest BCUT2D eigenvalue weighted by Crippen LogP contribution is 2.27. The second-order valence-electron chi connectivity index (χ2n) is 8.60. The highest BCUT2D eigenvalue weighted by Gasteiger charge is 2.19. The van der Waals surface area contributed by atoms with Crippen LogP contribution in [0.15, 0.2) is 91.5 Å². The second-order valence-corrected chi connectivity index (χ2v) is 8.60. The van der Waals surface area contributed by atoms with Crippen LogP contribution in [0, 0.1) is 6.92 Å². The van der Waals surface area contributed by atoms with Gasteiger partial charge >= 0.3 is 12.1 Å². The van der Waals surface area contributed by atoms with Crippen LogP contribution in [0.4, 0.5) is 10.6 Å². The molecule has 0 fully saturated rings. The Morgan fingerprint density at radius 2 is 1.62 bits per heavy atom. The average Bonchev–Trinajstić information content (AvgIpc) is 3.27. The molecule has 1 amide bonds. The number of aliphatic carboxylic acids is 1. The van der Waals surface area contributed by atoms with Crippen molar-refractivity contribution in [2.75, 3.05) is 5.32 Å². The van der Waals surface area contributed by atoms with Gasteiger partial charge in [0.25, 0.3) is 0 Å². The molecule has 0 bridgehead atoms. The van der Waals surface area contributed by atoms with E-state index in [1.54, 1.807) is 17.7 Å². The summed E-state index contributed by atoms with van der Waals surface area (Å²) in [5.41, 5.74) is 4.79. The maximum atomic E-state index is 12.6. The quantitative estimate of drug-likeness (QED) is 0.264. The van der Waals surface area contributed by atoms with Crippen LogP contribution >= 0.6 is 0 Å². The van der Waals surface area contributed by atoms with Gasteiger partial charge in [0.1, 0.15) is 11.8 Å². The molecule has 188 valence electrons. The lowest BCUT2D eigenvalue weighted by Gasteiger charge is -2.15. The molecule has 8 nitrogen and oxygen atoms in total. The summed E-state index contributed by atoms with van der Waals surface area (Å²) in [5, 5.41) is 20.5. The van der Waals surface area contributed by atoms with Crippen LogP contribution in [0.3, 0.4) is 0 Å². The van der Waals surface area contributed by atoms with E-state index < -0.39 is 24.1 Å². The van der Waals surface area contributed by atoms with Gasteiger partial charge in [0, 0.05) is 0 Å². The van der Waals surface area contributed by atoms with Gasteiger partial charge in [-0.2, -0.15) is 4.68 Å². The predicted molar refractivity (Wildman–Crippen MR) is 142 cm³/mol. The van der Waals surface area contributed by atoms with Gasteiger partial charge < -0.3 is 9.84 Å². The number of anilines is 1. The number of carboxylic acids is 1. The van der Waals surface area contributed by atoms with Crippen molar-refractivity contribution in [3.05, 3.63) is 108 Å². The first kappa shape index (κ1) is 25.4. The average molecular weight is 497 g/mol. The Morgan fingerprint density at radius 1 is 1.00 bits per heavy atom. The van der Waals surface area contributed by atoms with Crippen molar-refractivity contribution in [3.63, 3.8) is 0 Å². The van der Waals surface area contributed by atoms with E-state index in [9.17, 15) is 14.7 Å². The van der Waals surface area contributed by atoms with Crippen molar-refractivity contribution in [2.24, 2.45) is 0 Å². The summed E-state index contributed by atoms with van der Waals surface area (Å²) in [6.45, 7) is 7.22. The van der Waals surface area contributed by atoms with E-state index in [0.29, 0.717) is 23.6 Å². The fraction of sp³-hybridized carbons (Fsp3) is 0.172. The molecule has 37 heavy (non-hydrogen) atoms. The predicted octanol–water partition coefficient (Wildman–Crippen LogP) is 6.30. The first-order valence-electron chi connectivity index (χ1n) is 11.9. The molecule has 0 saturated carbocycles. The summed E-state index contributed by atoms with van der Waals surface area (Å²) in [6, 6.07) is 24.6. The minimum atomic E-state index is -0.872. The Labute approximate surface area is 215 Å². The smallest absolute Gasteiger partial charge is 0.413 e. The maximum absolute atomic E-state index is 12.6. The molecular formula is C29H28N4O4. The van der Waals surface area contributed by atoms with Crippen LogP contribution < -0.4 is 5.32 Å². The van der Waals surface area contributed by atoms with E-state index in [1.165, 1.54) is 0 Å².